The minimum Gasteiger partial charge on any atom is -0.444 e. The van der Waals surface area contributed by atoms with Gasteiger partial charge in [-0.1, -0.05) is 43.0 Å². The third-order valence-electron chi connectivity index (χ3n) is 5.89. The standard InChI is InChI=1S/C23H33ClN2O4/c1-22(2,3)25-21(28)30-18-10-13-26(15-18)20(27)19(16-8-7-9-17(24)14-16)23(29)11-5-4-6-12-23/h7-9,14,18-19,29H,4-6,10-13,15H2,1-3H3,(H,25,28). The number of ether oxygens (including phenoxy) is 1. The highest BCUT2D eigenvalue weighted by Crippen LogP contribution is 2.42. The number of rotatable bonds is 4. The number of hydrogen-bond donors (Lipinski definition) is 2. The summed E-state index contributed by atoms with van der Waals surface area (Å²) in [4.78, 5) is 27.4. The first kappa shape index (κ1) is 22.9. The average molecular weight is 437 g/mol. The number of nitrogens with zero attached hydrogens (tertiary/aromatic N) is 1. The first-order valence-corrected chi connectivity index (χ1v) is 11.2. The van der Waals surface area contributed by atoms with Crippen LogP contribution in [0.3, 0.4) is 0 Å². The predicted octanol–water partition coefficient (Wildman–Crippen LogP) is 4.24. The number of alkyl carbamates (subject to hydrolysis) is 1. The third kappa shape index (κ3) is 5.67. The van der Waals surface area contributed by atoms with Crippen LogP contribution in [0.2, 0.25) is 5.02 Å². The van der Waals surface area contributed by atoms with Gasteiger partial charge in [0, 0.05) is 23.5 Å². The van der Waals surface area contributed by atoms with Gasteiger partial charge >= 0.3 is 6.09 Å². The van der Waals surface area contributed by atoms with Gasteiger partial charge in [-0.2, -0.15) is 0 Å². The molecule has 6 nitrogen and oxygen atoms in total. The number of nitrogens with one attached hydrogen (secondary N) is 1. The lowest BCUT2D eigenvalue weighted by atomic mass is 9.72. The number of likely N-dealkylation sites (tertiary alicyclic amines) is 1. The molecule has 30 heavy (non-hydrogen) atoms. The van der Waals surface area contributed by atoms with Crippen LogP contribution in [0.4, 0.5) is 4.79 Å². The van der Waals surface area contributed by atoms with E-state index < -0.39 is 17.6 Å². The largest absolute Gasteiger partial charge is 0.444 e. The molecule has 1 aromatic carbocycles. The molecule has 1 saturated carbocycles. The van der Waals surface area contributed by atoms with E-state index in [1.165, 1.54) is 0 Å². The van der Waals surface area contributed by atoms with E-state index in [0.29, 0.717) is 37.4 Å². The Morgan fingerprint density at radius 1 is 1.27 bits per heavy atom. The minimum atomic E-state index is -1.08. The number of carbonyl (C=O) groups excluding carboxylic acids is 2. The van der Waals surface area contributed by atoms with Gasteiger partial charge in [0.25, 0.3) is 0 Å². The lowest BCUT2D eigenvalue weighted by Gasteiger charge is -2.40. The molecular formula is C23H33ClN2O4. The van der Waals surface area contributed by atoms with Crippen LogP contribution in [0.25, 0.3) is 0 Å². The Bertz CT molecular complexity index is 771. The zero-order valence-corrected chi connectivity index (χ0v) is 18.9. The second-order valence-corrected chi connectivity index (χ2v) is 10.1. The summed E-state index contributed by atoms with van der Waals surface area (Å²) < 4.78 is 5.52. The Balaban J connectivity index is 1.75. The minimum absolute atomic E-state index is 0.121. The summed E-state index contributed by atoms with van der Waals surface area (Å²) in [6, 6.07) is 7.22. The molecule has 1 saturated heterocycles. The van der Waals surface area contributed by atoms with Crippen LogP contribution >= 0.6 is 11.6 Å². The molecule has 0 radical (unpaired) electrons. The molecule has 0 aromatic heterocycles. The normalized spacial score (nSPS) is 22.4. The van der Waals surface area contributed by atoms with E-state index in [-0.39, 0.29) is 17.6 Å². The van der Waals surface area contributed by atoms with Crippen molar-refractivity contribution in [3.8, 4) is 0 Å². The van der Waals surface area contributed by atoms with Crippen molar-refractivity contribution in [1.82, 2.24) is 10.2 Å². The molecule has 3 rings (SSSR count). The molecule has 1 aliphatic carbocycles. The summed E-state index contributed by atoms with van der Waals surface area (Å²) in [5, 5.41) is 14.8. The number of halogens is 1. The van der Waals surface area contributed by atoms with Crippen LogP contribution in [0.15, 0.2) is 24.3 Å². The Labute approximate surface area is 183 Å². The van der Waals surface area contributed by atoms with Crippen molar-refractivity contribution in [1.29, 1.82) is 0 Å². The summed E-state index contributed by atoms with van der Waals surface area (Å²) in [5.74, 6) is -0.789. The maximum Gasteiger partial charge on any atom is 0.407 e. The van der Waals surface area contributed by atoms with Gasteiger partial charge < -0.3 is 20.1 Å². The highest BCUT2D eigenvalue weighted by Gasteiger charge is 2.46. The van der Waals surface area contributed by atoms with Crippen LogP contribution < -0.4 is 5.32 Å². The van der Waals surface area contributed by atoms with Crippen LogP contribution in [0.1, 0.15) is 70.8 Å². The summed E-state index contributed by atoms with van der Waals surface area (Å²) in [6.07, 6.45) is 3.83. The van der Waals surface area contributed by atoms with Crippen molar-refractivity contribution in [3.05, 3.63) is 34.9 Å². The van der Waals surface area contributed by atoms with Gasteiger partial charge in [0.15, 0.2) is 0 Å². The molecule has 2 fully saturated rings. The van der Waals surface area contributed by atoms with Crippen LogP contribution in [0.5, 0.6) is 0 Å². The molecular weight excluding hydrogens is 404 g/mol. The summed E-state index contributed by atoms with van der Waals surface area (Å²) in [5.41, 5.74) is -0.720. The zero-order chi connectivity index (χ0) is 21.9. The SMILES string of the molecule is CC(C)(C)NC(=O)OC1CCN(C(=O)C(c2cccc(Cl)c2)C2(O)CCCCC2)C1. The maximum absolute atomic E-state index is 13.6. The predicted molar refractivity (Wildman–Crippen MR) is 117 cm³/mol. The highest BCUT2D eigenvalue weighted by atomic mass is 35.5. The second kappa shape index (κ2) is 9.15. The van der Waals surface area contributed by atoms with Gasteiger partial charge in [-0.25, -0.2) is 4.79 Å². The summed E-state index contributed by atoms with van der Waals surface area (Å²) in [6.45, 7) is 6.50. The highest BCUT2D eigenvalue weighted by molar-refractivity contribution is 6.30. The number of carbonyl (C=O) groups is 2. The molecule has 2 unspecified atom stereocenters. The Morgan fingerprint density at radius 3 is 2.60 bits per heavy atom. The number of amides is 2. The molecule has 0 spiro atoms. The summed E-state index contributed by atoms with van der Waals surface area (Å²) in [7, 11) is 0. The third-order valence-corrected chi connectivity index (χ3v) is 6.13. The van der Waals surface area contributed by atoms with Crippen LogP contribution in [-0.4, -0.2) is 52.3 Å². The lowest BCUT2D eigenvalue weighted by molar-refractivity contribution is -0.141. The monoisotopic (exact) mass is 436 g/mol. The van der Waals surface area contributed by atoms with Crippen LogP contribution in [0, 0.1) is 0 Å². The molecule has 166 valence electrons. The Kier molecular flexibility index (Phi) is 6.98. The van der Waals surface area contributed by atoms with Gasteiger partial charge in [0.05, 0.1) is 18.1 Å². The van der Waals surface area contributed by atoms with Crippen molar-refractivity contribution in [2.75, 3.05) is 13.1 Å². The summed E-state index contributed by atoms with van der Waals surface area (Å²) >= 11 is 6.20. The first-order valence-electron chi connectivity index (χ1n) is 10.8. The number of benzene rings is 1. The van der Waals surface area contributed by atoms with E-state index in [9.17, 15) is 14.7 Å². The van der Waals surface area contributed by atoms with E-state index in [1.54, 1.807) is 17.0 Å². The zero-order valence-electron chi connectivity index (χ0n) is 18.1. The Morgan fingerprint density at radius 2 is 1.97 bits per heavy atom. The molecule has 2 amide bonds. The molecule has 1 aromatic rings. The van der Waals surface area contributed by atoms with E-state index >= 15 is 0 Å². The molecule has 7 heteroatoms. The number of aliphatic hydroxyl groups is 1. The van der Waals surface area contributed by atoms with Crippen molar-refractivity contribution in [3.63, 3.8) is 0 Å². The maximum atomic E-state index is 13.6. The van der Waals surface area contributed by atoms with Gasteiger partial charge in [-0.05, 0) is 51.3 Å². The smallest absolute Gasteiger partial charge is 0.407 e. The molecule has 1 heterocycles. The second-order valence-electron chi connectivity index (χ2n) is 9.63. The van der Waals surface area contributed by atoms with Crippen molar-refractivity contribution >= 4 is 23.6 Å². The van der Waals surface area contributed by atoms with E-state index in [0.717, 1.165) is 24.8 Å². The van der Waals surface area contributed by atoms with Crippen LogP contribution in [-0.2, 0) is 9.53 Å². The fraction of sp³-hybridized carbons (Fsp3) is 0.652. The van der Waals surface area contributed by atoms with E-state index in [1.807, 2.05) is 32.9 Å². The van der Waals surface area contributed by atoms with Gasteiger partial charge in [0.2, 0.25) is 5.91 Å². The molecule has 2 atom stereocenters. The Hall–Kier alpha value is -1.79. The fourth-order valence-corrected chi connectivity index (χ4v) is 4.71. The first-order chi connectivity index (χ1) is 14.1. The topological polar surface area (TPSA) is 78.9 Å². The van der Waals surface area contributed by atoms with E-state index in [4.69, 9.17) is 16.3 Å². The lowest BCUT2D eigenvalue weighted by Crippen LogP contribution is -2.48. The molecule has 1 aliphatic heterocycles. The van der Waals surface area contributed by atoms with Crippen molar-refractivity contribution < 1.29 is 19.4 Å². The fourth-order valence-electron chi connectivity index (χ4n) is 4.52. The number of hydrogen-bond acceptors (Lipinski definition) is 4. The van der Waals surface area contributed by atoms with Crippen molar-refractivity contribution in [2.24, 2.45) is 0 Å². The van der Waals surface area contributed by atoms with Gasteiger partial charge in [0.1, 0.15) is 6.10 Å². The molecule has 0 bridgehead atoms. The van der Waals surface area contributed by atoms with Crippen molar-refractivity contribution in [2.45, 2.75) is 82.5 Å². The van der Waals surface area contributed by atoms with E-state index in [2.05, 4.69) is 5.32 Å². The average Bonchev–Trinajstić information content (AvgIpc) is 3.09. The van der Waals surface area contributed by atoms with Gasteiger partial charge in [-0.15, -0.1) is 0 Å². The quantitative estimate of drug-likeness (QED) is 0.739. The molecule has 2 N–H and O–H groups in total. The van der Waals surface area contributed by atoms with Gasteiger partial charge in [-0.3, -0.25) is 4.79 Å². The molecule has 2 aliphatic rings.